The summed E-state index contributed by atoms with van der Waals surface area (Å²) in [7, 11) is 1.67. The van der Waals surface area contributed by atoms with Gasteiger partial charge in [-0.25, -0.2) is 4.98 Å². The molecule has 2 aromatic heterocycles. The maximum absolute atomic E-state index is 13.8. The summed E-state index contributed by atoms with van der Waals surface area (Å²) < 4.78 is 7.06. The highest BCUT2D eigenvalue weighted by Gasteiger charge is 2.23. The molecule has 2 heterocycles. The van der Waals surface area contributed by atoms with Crippen LogP contribution in [-0.2, 0) is 18.6 Å². The zero-order valence-corrected chi connectivity index (χ0v) is 19.3. The topological polar surface area (TPSA) is 44.1 Å². The van der Waals surface area contributed by atoms with Crippen molar-refractivity contribution in [2.45, 2.75) is 43.5 Å². The minimum absolute atomic E-state index is 0.0606. The monoisotopic (exact) mass is 448 g/mol. The molecule has 0 N–H and O–H groups in total. The molecular weight excluding hydrogens is 424 g/mol. The van der Waals surface area contributed by atoms with Gasteiger partial charge in [0.1, 0.15) is 10.6 Å². The molecular formula is C25H24N2O2S2. The van der Waals surface area contributed by atoms with Crippen molar-refractivity contribution >= 4 is 33.3 Å². The number of thiophene rings is 1. The third kappa shape index (κ3) is 3.90. The van der Waals surface area contributed by atoms with Crippen molar-refractivity contribution in [3.63, 3.8) is 0 Å². The molecule has 0 saturated carbocycles. The molecule has 0 saturated heterocycles. The number of nitrogens with zero attached hydrogens (tertiary/aromatic N) is 2. The Morgan fingerprint density at radius 1 is 1.06 bits per heavy atom. The first kappa shape index (κ1) is 20.3. The Hall–Kier alpha value is -2.57. The predicted octanol–water partition coefficient (Wildman–Crippen LogP) is 5.94. The molecule has 6 heteroatoms. The van der Waals surface area contributed by atoms with E-state index in [1.807, 2.05) is 36.4 Å². The zero-order chi connectivity index (χ0) is 21.4. The van der Waals surface area contributed by atoms with Crippen LogP contribution in [0, 0.1) is 6.92 Å². The molecule has 31 heavy (non-hydrogen) atoms. The van der Waals surface area contributed by atoms with Gasteiger partial charge in [0, 0.05) is 10.6 Å². The third-order valence-electron chi connectivity index (χ3n) is 5.78. The van der Waals surface area contributed by atoms with Crippen molar-refractivity contribution in [1.82, 2.24) is 9.55 Å². The van der Waals surface area contributed by atoms with Crippen LogP contribution in [0.4, 0.5) is 0 Å². The van der Waals surface area contributed by atoms with Gasteiger partial charge >= 0.3 is 0 Å². The number of aryl methyl sites for hydroxylation is 3. The first-order valence-corrected chi connectivity index (χ1v) is 12.3. The van der Waals surface area contributed by atoms with Crippen molar-refractivity contribution in [3.8, 4) is 11.4 Å². The maximum atomic E-state index is 13.8. The number of ether oxygens (including phenoxy) is 1. The Morgan fingerprint density at radius 2 is 1.81 bits per heavy atom. The standard InChI is InChI=1S/C25H24N2O2S2/c1-16-7-11-18(12-8-16)27-24(28)22-20-5-3-4-6-21(20)31-23(22)26-25(27)30-15-17-9-13-19(29-2)14-10-17/h7-14H,3-6,15H2,1-2H3. The van der Waals surface area contributed by atoms with E-state index < -0.39 is 0 Å². The minimum Gasteiger partial charge on any atom is -0.497 e. The number of hydrogen-bond donors (Lipinski definition) is 0. The lowest BCUT2D eigenvalue weighted by atomic mass is 9.97. The van der Waals surface area contributed by atoms with E-state index >= 15 is 0 Å². The Morgan fingerprint density at radius 3 is 2.55 bits per heavy atom. The van der Waals surface area contributed by atoms with Gasteiger partial charge in [-0.15, -0.1) is 11.3 Å². The second kappa shape index (κ2) is 8.52. The summed E-state index contributed by atoms with van der Waals surface area (Å²) in [5, 5.41) is 1.57. The molecule has 0 radical (unpaired) electrons. The second-order valence-corrected chi connectivity index (χ2v) is 9.92. The predicted molar refractivity (Wildman–Crippen MR) is 129 cm³/mol. The molecule has 0 unspecified atom stereocenters. The SMILES string of the molecule is COc1ccc(CSc2nc3sc4c(c3c(=O)n2-c2ccc(C)cc2)CCCC4)cc1. The van der Waals surface area contributed by atoms with Gasteiger partial charge in [0.15, 0.2) is 5.16 Å². The van der Waals surface area contributed by atoms with Crippen LogP contribution in [0.3, 0.4) is 0 Å². The van der Waals surface area contributed by atoms with Gasteiger partial charge in [0.25, 0.3) is 5.56 Å². The van der Waals surface area contributed by atoms with Crippen LogP contribution in [0.25, 0.3) is 15.9 Å². The lowest BCUT2D eigenvalue weighted by Gasteiger charge is -2.14. The summed E-state index contributed by atoms with van der Waals surface area (Å²) >= 11 is 3.31. The lowest BCUT2D eigenvalue weighted by molar-refractivity contribution is 0.414. The van der Waals surface area contributed by atoms with Crippen LogP contribution in [0.5, 0.6) is 5.75 Å². The van der Waals surface area contributed by atoms with Crippen molar-refractivity contribution in [2.75, 3.05) is 7.11 Å². The molecule has 0 atom stereocenters. The van der Waals surface area contributed by atoms with Gasteiger partial charge in [-0.3, -0.25) is 9.36 Å². The van der Waals surface area contributed by atoms with Crippen molar-refractivity contribution in [2.24, 2.45) is 0 Å². The van der Waals surface area contributed by atoms with E-state index in [2.05, 4.69) is 19.1 Å². The Kier molecular flexibility index (Phi) is 5.59. The summed E-state index contributed by atoms with van der Waals surface area (Å²) in [5.41, 5.74) is 4.51. The maximum Gasteiger partial charge on any atom is 0.267 e. The third-order valence-corrected chi connectivity index (χ3v) is 7.97. The highest BCUT2D eigenvalue weighted by molar-refractivity contribution is 7.98. The van der Waals surface area contributed by atoms with Crippen LogP contribution >= 0.6 is 23.1 Å². The molecule has 0 bridgehead atoms. The van der Waals surface area contributed by atoms with Gasteiger partial charge in [0.2, 0.25) is 0 Å². The first-order valence-electron chi connectivity index (χ1n) is 10.5. The van der Waals surface area contributed by atoms with Gasteiger partial charge in [0.05, 0.1) is 18.2 Å². The van der Waals surface area contributed by atoms with Crippen molar-refractivity contribution in [1.29, 1.82) is 0 Å². The van der Waals surface area contributed by atoms with Crippen LogP contribution < -0.4 is 10.3 Å². The fourth-order valence-electron chi connectivity index (χ4n) is 4.07. The summed E-state index contributed by atoms with van der Waals surface area (Å²) in [6.45, 7) is 2.06. The van der Waals surface area contributed by atoms with E-state index in [1.165, 1.54) is 28.0 Å². The van der Waals surface area contributed by atoms with Gasteiger partial charge in [-0.2, -0.15) is 0 Å². The summed E-state index contributed by atoms with van der Waals surface area (Å²) in [4.78, 5) is 21.0. The number of fused-ring (bicyclic) bond motifs is 3. The quantitative estimate of drug-likeness (QED) is 0.280. The molecule has 0 aliphatic heterocycles. The molecule has 1 aliphatic rings. The first-order chi connectivity index (χ1) is 15.1. The van der Waals surface area contributed by atoms with Gasteiger partial charge < -0.3 is 4.74 Å². The number of thioether (sulfide) groups is 1. The molecule has 0 spiro atoms. The average Bonchev–Trinajstić information content (AvgIpc) is 3.17. The Balaban J connectivity index is 1.61. The van der Waals surface area contributed by atoms with Gasteiger partial charge in [-0.05, 0) is 68.0 Å². The number of methoxy groups -OCH3 is 1. The number of rotatable bonds is 5. The molecule has 1 aliphatic carbocycles. The summed E-state index contributed by atoms with van der Waals surface area (Å²) in [6, 6.07) is 16.2. The number of hydrogen-bond acceptors (Lipinski definition) is 5. The highest BCUT2D eigenvalue weighted by atomic mass is 32.2. The molecule has 4 aromatic rings. The van der Waals surface area contributed by atoms with E-state index in [9.17, 15) is 4.79 Å². The molecule has 2 aromatic carbocycles. The van der Waals surface area contributed by atoms with E-state index in [4.69, 9.17) is 9.72 Å². The van der Waals surface area contributed by atoms with Crippen molar-refractivity contribution in [3.05, 3.63) is 80.5 Å². The number of benzene rings is 2. The fourth-order valence-corrected chi connectivity index (χ4v) is 6.35. The largest absolute Gasteiger partial charge is 0.497 e. The molecule has 0 amide bonds. The van der Waals surface area contributed by atoms with E-state index in [0.29, 0.717) is 0 Å². The fraction of sp³-hybridized carbons (Fsp3) is 0.280. The Labute approximate surface area is 189 Å². The minimum atomic E-state index is 0.0606. The van der Waals surface area contributed by atoms with Crippen molar-refractivity contribution < 1.29 is 4.74 Å². The molecule has 4 nitrogen and oxygen atoms in total. The molecule has 0 fully saturated rings. The second-order valence-electron chi connectivity index (χ2n) is 7.90. The van der Waals surface area contributed by atoms with E-state index in [1.54, 1.807) is 34.8 Å². The van der Waals surface area contributed by atoms with Crippen LogP contribution in [0.15, 0.2) is 58.5 Å². The summed E-state index contributed by atoms with van der Waals surface area (Å²) in [6.07, 6.45) is 4.40. The molecule has 5 rings (SSSR count). The highest BCUT2D eigenvalue weighted by Crippen LogP contribution is 2.35. The molecule has 158 valence electrons. The van der Waals surface area contributed by atoms with Crippen LogP contribution in [-0.4, -0.2) is 16.7 Å². The Bertz CT molecular complexity index is 1290. The normalized spacial score (nSPS) is 13.4. The van der Waals surface area contributed by atoms with E-state index in [-0.39, 0.29) is 5.56 Å². The van der Waals surface area contributed by atoms with Gasteiger partial charge in [-0.1, -0.05) is 41.6 Å². The van der Waals surface area contributed by atoms with Crippen LogP contribution in [0.1, 0.15) is 34.4 Å². The average molecular weight is 449 g/mol. The smallest absolute Gasteiger partial charge is 0.267 e. The summed E-state index contributed by atoms with van der Waals surface area (Å²) in [5.74, 6) is 1.58. The lowest BCUT2D eigenvalue weighted by Crippen LogP contribution is -2.22. The number of aromatic nitrogens is 2. The van der Waals surface area contributed by atoms with E-state index in [0.717, 1.165) is 51.8 Å². The zero-order valence-electron chi connectivity index (χ0n) is 17.7. The van der Waals surface area contributed by atoms with Crippen LogP contribution in [0.2, 0.25) is 0 Å².